The number of nitriles is 1. The van der Waals surface area contributed by atoms with Gasteiger partial charge in [-0.05, 0) is 133 Å². The number of esters is 2. The summed E-state index contributed by atoms with van der Waals surface area (Å²) in [6, 6.07) is 68.6. The van der Waals surface area contributed by atoms with E-state index in [1.165, 1.54) is 48.8 Å². The normalized spacial score (nSPS) is 13.1. The number of aromatic nitrogens is 6. The lowest BCUT2D eigenvalue weighted by Gasteiger charge is -2.24. The number of rotatable bonds is 20. The van der Waals surface area contributed by atoms with Gasteiger partial charge in [-0.15, -0.1) is 0 Å². The SMILES string of the molecule is [C-]#[N+]/C(c1cnc2cc(Cl)c(Cl)cc2n1)=c1\c2c(-c3ccc(OC(=O)c4ccc5c(c4)C(=O)N(CCC)C5=O)cc3)n(B(c3ccccc3)c3ccccc3)/c(=C(/C#N)c3cnc4cc(Cl)c(Cl)cc4n3)c2c(-c2ccc(OC(=O)c3ccc4c(c3)C(=O)N(CCCS(=O)(=O)O)C4=O)cc2)n1B(c1ccccc1)c1ccccc1. The minimum atomic E-state index is -4.40. The van der Waals surface area contributed by atoms with Crippen LogP contribution in [0.1, 0.15) is 93.3 Å². The van der Waals surface area contributed by atoms with Gasteiger partial charge < -0.3 is 18.4 Å². The highest BCUT2D eigenvalue weighted by Gasteiger charge is 2.41. The van der Waals surface area contributed by atoms with E-state index in [-0.39, 0.29) is 129 Å². The van der Waals surface area contributed by atoms with Crippen LogP contribution in [0.4, 0.5) is 0 Å². The maximum atomic E-state index is 14.5. The number of benzene rings is 10. The summed E-state index contributed by atoms with van der Waals surface area (Å²) in [7, 11) is -4.40. The van der Waals surface area contributed by atoms with E-state index < -0.39 is 65.1 Å². The zero-order valence-electron chi connectivity index (χ0n) is 59.7. The summed E-state index contributed by atoms with van der Waals surface area (Å²) < 4.78 is 48.9. The standard InChI is InChI=1S/C86H54B2Cl4N10O11S/c1-3-37-99-81(103)59-35-29-51(40-61(59)83(99)105)85(107)113-58-33-27-50(28-34-58)78-75-74(79(63(46-93)72-47-95-68-42-64(89)66(91)44-70(68)97-72)101(78)87(53-17-8-4-9-18-53)54-19-10-5-11-20-54)77(49-25-31-57(32-26-49)112-86(108)52-30-36-60-62(41-52)84(106)100(82(60)104)38-16-39-114(109,110)111)102(88(55-21-12-6-13-22-55)56-23-14-7-15-24-56)80(75)76(94-2)73-48-96-69-43-65(90)67(92)45-71(69)98-73/h4-15,17-36,40-45,47-48H,3,16,37-39H2,1H3,(H,109,110,111)/b79-63-,80-76+. The number of fused-ring (bicyclic) bond motifs is 5. The second kappa shape index (κ2) is 30.8. The first-order valence-corrected chi connectivity index (χ1v) is 38.7. The molecule has 554 valence electrons. The van der Waals surface area contributed by atoms with Crippen molar-refractivity contribution in [3.8, 4) is 40.1 Å². The van der Waals surface area contributed by atoms with Crippen molar-refractivity contribution in [1.82, 2.24) is 38.7 Å². The first-order valence-electron chi connectivity index (χ1n) is 35.6. The molecule has 0 atom stereocenters. The Balaban J connectivity index is 1.03. The quantitative estimate of drug-likeness (QED) is 0.0185. The largest absolute Gasteiger partial charge is 0.423 e. The molecular formula is C86H54B2Cl4N10O11S. The average molecular weight is 1600 g/mol. The zero-order chi connectivity index (χ0) is 79.4. The molecule has 2 aliphatic heterocycles. The Morgan fingerprint density at radius 2 is 0.877 bits per heavy atom. The lowest BCUT2D eigenvalue weighted by molar-refractivity contribution is 0.0639. The molecule has 0 bridgehead atoms. The second-order valence-electron chi connectivity index (χ2n) is 26.8. The third kappa shape index (κ3) is 13.9. The minimum Gasteiger partial charge on any atom is -0.423 e. The van der Waals surface area contributed by atoms with Gasteiger partial charge in [0.1, 0.15) is 28.8 Å². The highest BCUT2D eigenvalue weighted by molar-refractivity contribution is 7.85. The molecule has 16 rings (SSSR count). The Kier molecular flexibility index (Phi) is 20.3. The van der Waals surface area contributed by atoms with Gasteiger partial charge in [-0.3, -0.25) is 48.5 Å². The number of nitrogens with zero attached hydrogens (tertiary/aromatic N) is 10. The van der Waals surface area contributed by atoms with E-state index >= 15 is 0 Å². The molecule has 6 heterocycles. The number of ether oxygens (including phenoxy) is 2. The molecule has 114 heavy (non-hydrogen) atoms. The smallest absolute Gasteiger partial charge is 0.343 e. The summed E-state index contributed by atoms with van der Waals surface area (Å²) in [5.74, 6) is -4.85. The molecule has 14 aromatic rings. The molecule has 0 aliphatic carbocycles. The fourth-order valence-electron chi connectivity index (χ4n) is 14.8. The molecule has 10 aromatic carbocycles. The van der Waals surface area contributed by atoms with Gasteiger partial charge in [0.15, 0.2) is 0 Å². The predicted molar refractivity (Wildman–Crippen MR) is 438 cm³/mol. The van der Waals surface area contributed by atoms with Gasteiger partial charge in [-0.2, -0.15) is 13.7 Å². The molecule has 0 saturated heterocycles. The Morgan fingerprint density at radius 1 is 0.500 bits per heavy atom. The minimum absolute atomic E-state index is 0.00704. The van der Waals surface area contributed by atoms with Gasteiger partial charge in [0, 0.05) is 46.8 Å². The molecule has 21 nitrogen and oxygen atoms in total. The first-order chi connectivity index (χ1) is 55.2. The van der Waals surface area contributed by atoms with Crippen LogP contribution in [0, 0.1) is 17.9 Å². The van der Waals surface area contributed by atoms with Crippen molar-refractivity contribution in [2.75, 3.05) is 18.8 Å². The molecule has 4 amide bonds. The molecular weight excluding hydrogens is 1540 g/mol. The monoisotopic (exact) mass is 1600 g/mol. The lowest BCUT2D eigenvalue weighted by Crippen LogP contribution is -2.54. The number of amides is 4. The third-order valence-electron chi connectivity index (χ3n) is 19.8. The summed E-state index contributed by atoms with van der Waals surface area (Å²) in [6.45, 7) is 9.70. The summed E-state index contributed by atoms with van der Waals surface area (Å²) in [5.41, 5.74) is 5.80. The molecule has 28 heteroatoms. The van der Waals surface area contributed by atoms with Crippen molar-refractivity contribution in [2.24, 2.45) is 0 Å². The molecule has 0 fully saturated rings. The second-order valence-corrected chi connectivity index (χ2v) is 30.0. The number of carbonyl (C=O) groups excluding carboxylic acids is 6. The van der Waals surface area contributed by atoms with E-state index in [0.717, 1.165) is 20.7 Å². The van der Waals surface area contributed by atoms with Crippen LogP contribution in [0.3, 0.4) is 0 Å². The highest BCUT2D eigenvalue weighted by atomic mass is 35.5. The van der Waals surface area contributed by atoms with Crippen LogP contribution in [0.5, 0.6) is 11.5 Å². The number of imide groups is 2. The van der Waals surface area contributed by atoms with Gasteiger partial charge in [-0.1, -0.05) is 197 Å². The van der Waals surface area contributed by atoms with E-state index in [2.05, 4.69) is 10.9 Å². The van der Waals surface area contributed by atoms with Crippen LogP contribution in [0.25, 0.3) is 71.5 Å². The lowest BCUT2D eigenvalue weighted by atomic mass is 9.50. The van der Waals surface area contributed by atoms with Crippen molar-refractivity contribution in [2.45, 2.75) is 19.8 Å². The van der Waals surface area contributed by atoms with Gasteiger partial charge in [0.2, 0.25) is 5.70 Å². The van der Waals surface area contributed by atoms with E-state index in [0.29, 0.717) is 61.7 Å². The topological polar surface area (TPSA) is 271 Å². The third-order valence-corrected chi connectivity index (χ3v) is 22.1. The molecule has 0 saturated carbocycles. The number of halogens is 4. The van der Waals surface area contributed by atoms with Crippen molar-refractivity contribution in [3.63, 3.8) is 0 Å². The number of carbonyl (C=O) groups is 6. The van der Waals surface area contributed by atoms with Crippen LogP contribution < -0.4 is 42.0 Å². The number of hydrogen-bond acceptors (Lipinski definition) is 15. The summed E-state index contributed by atoms with van der Waals surface area (Å²) in [6.07, 6.45) is 3.24. The van der Waals surface area contributed by atoms with Crippen LogP contribution in [-0.4, -0.2) is 120 Å². The zero-order valence-corrected chi connectivity index (χ0v) is 63.5. The van der Waals surface area contributed by atoms with E-state index in [4.69, 9.17) is 75.8 Å². The summed E-state index contributed by atoms with van der Waals surface area (Å²) in [4.78, 5) is 110. The van der Waals surface area contributed by atoms with Crippen molar-refractivity contribution in [3.05, 3.63) is 330 Å². The van der Waals surface area contributed by atoms with E-state index in [1.54, 1.807) is 72.8 Å². The molecule has 0 radical (unpaired) electrons. The molecule has 4 aromatic heterocycles. The highest BCUT2D eigenvalue weighted by Crippen LogP contribution is 2.40. The Morgan fingerprint density at radius 3 is 1.28 bits per heavy atom. The summed E-state index contributed by atoms with van der Waals surface area (Å²) in [5, 5.41) is 14.6. The Labute approximate surface area is 670 Å². The van der Waals surface area contributed by atoms with Crippen LogP contribution >= 0.6 is 46.4 Å². The van der Waals surface area contributed by atoms with Crippen LogP contribution in [0.15, 0.2) is 243 Å². The number of hydrogen-bond donors (Lipinski definition) is 1. The van der Waals surface area contributed by atoms with E-state index in [9.17, 15) is 53.6 Å². The van der Waals surface area contributed by atoms with E-state index in [1.807, 2.05) is 137 Å². The first kappa shape index (κ1) is 74.9. The fraction of sp³-hybridized carbons (Fsp3) is 0.0698. The van der Waals surface area contributed by atoms with Crippen LogP contribution in [-0.2, 0) is 10.1 Å². The van der Waals surface area contributed by atoms with Crippen LogP contribution in [0.2, 0.25) is 20.1 Å². The molecule has 2 aliphatic rings. The Hall–Kier alpha value is -13.2. The fourth-order valence-corrected chi connectivity index (χ4v) is 15.9. The molecule has 0 unspecified atom stereocenters. The maximum absolute atomic E-state index is 14.5. The Bertz CT molecular complexity index is 6420. The van der Waals surface area contributed by atoms with Gasteiger partial charge in [0.05, 0.1) is 105 Å². The maximum Gasteiger partial charge on any atom is 0.343 e. The van der Waals surface area contributed by atoms with Gasteiger partial charge >= 0.3 is 25.6 Å². The van der Waals surface area contributed by atoms with Gasteiger partial charge in [-0.25, -0.2) is 19.4 Å². The predicted octanol–water partition coefficient (Wildman–Crippen LogP) is 12.7. The average Bonchev–Trinajstić information content (AvgIpc) is 1.52. The van der Waals surface area contributed by atoms with Crippen molar-refractivity contribution in [1.29, 1.82) is 5.26 Å². The van der Waals surface area contributed by atoms with Gasteiger partial charge in [0.25, 0.3) is 33.7 Å². The van der Waals surface area contributed by atoms with Crippen molar-refractivity contribution < 1.29 is 51.2 Å². The summed E-state index contributed by atoms with van der Waals surface area (Å²) >= 11 is 26.9. The van der Waals surface area contributed by atoms with Crippen molar-refractivity contribution >= 4 is 172 Å². The molecule has 0 spiro atoms. The molecule has 1 N–H and O–H groups in total.